The molecule has 160 valence electrons. The van der Waals surface area contributed by atoms with Gasteiger partial charge in [-0.2, -0.15) is 13.2 Å². The lowest BCUT2D eigenvalue weighted by Crippen LogP contribution is -2.45. The predicted molar refractivity (Wildman–Crippen MR) is 111 cm³/mol. The number of H-pyrrole nitrogens is 1. The minimum absolute atomic E-state index is 0.0612. The van der Waals surface area contributed by atoms with Crippen molar-refractivity contribution in [3.8, 4) is 0 Å². The first-order valence-corrected chi connectivity index (χ1v) is 9.81. The minimum atomic E-state index is -4.63. The molecule has 0 saturated carbocycles. The Morgan fingerprint density at radius 3 is 2.26 bits per heavy atom. The first kappa shape index (κ1) is 21.1. The molecule has 0 unspecified atom stereocenters. The van der Waals surface area contributed by atoms with Crippen LogP contribution < -0.4 is 15.4 Å². The summed E-state index contributed by atoms with van der Waals surface area (Å²) in [5, 5.41) is 0. The Kier molecular flexibility index (Phi) is 5.12. The van der Waals surface area contributed by atoms with Crippen LogP contribution in [0.5, 0.6) is 0 Å². The third kappa shape index (κ3) is 3.83. The SMILES string of the molecule is Cc1cc(F)ccc1N1CN(c2ccc(=O)[nH]c2Br)C(=O)c2cc(C(F)(F)F)ccc21. The van der Waals surface area contributed by atoms with Gasteiger partial charge in [-0.3, -0.25) is 14.5 Å². The monoisotopic (exact) mass is 495 g/mol. The standard InChI is InChI=1S/C21H14BrF4N3O2/c1-11-8-13(23)3-5-15(11)28-10-29(17-6-7-18(30)27-19(17)22)20(31)14-9-12(21(24,25)26)2-4-16(14)28/h2-9H,10H2,1H3,(H,27,30). The number of nitrogens with one attached hydrogen (secondary N) is 1. The van der Waals surface area contributed by atoms with E-state index in [2.05, 4.69) is 20.9 Å². The van der Waals surface area contributed by atoms with Crippen molar-refractivity contribution in [2.24, 2.45) is 0 Å². The van der Waals surface area contributed by atoms with E-state index in [1.54, 1.807) is 11.8 Å². The van der Waals surface area contributed by atoms with Crippen LogP contribution in [0.4, 0.5) is 34.6 Å². The van der Waals surface area contributed by atoms with Crippen molar-refractivity contribution in [2.45, 2.75) is 13.1 Å². The smallest absolute Gasteiger partial charge is 0.322 e. The summed E-state index contributed by atoms with van der Waals surface area (Å²) in [5.41, 5.74) is 0.0785. The first-order chi connectivity index (χ1) is 14.6. The number of aromatic amines is 1. The zero-order valence-electron chi connectivity index (χ0n) is 15.9. The molecule has 5 nitrogen and oxygen atoms in total. The highest BCUT2D eigenvalue weighted by Crippen LogP contribution is 2.41. The molecule has 4 rings (SSSR count). The number of rotatable bonds is 2. The second kappa shape index (κ2) is 7.52. The topological polar surface area (TPSA) is 56.4 Å². The van der Waals surface area contributed by atoms with Crippen LogP contribution in [0.15, 0.2) is 57.9 Å². The molecular formula is C21H14BrF4N3O2. The minimum Gasteiger partial charge on any atom is -0.322 e. The molecule has 0 bridgehead atoms. The summed E-state index contributed by atoms with van der Waals surface area (Å²) in [5.74, 6) is -1.12. The molecule has 0 saturated heterocycles. The summed E-state index contributed by atoms with van der Waals surface area (Å²) in [7, 11) is 0. The summed E-state index contributed by atoms with van der Waals surface area (Å²) in [6, 6.07) is 9.59. The van der Waals surface area contributed by atoms with E-state index in [1.807, 2.05) is 0 Å². The highest BCUT2D eigenvalue weighted by atomic mass is 79.9. The molecule has 0 radical (unpaired) electrons. The lowest BCUT2D eigenvalue weighted by atomic mass is 10.0. The number of amides is 1. The van der Waals surface area contributed by atoms with Gasteiger partial charge in [0.25, 0.3) is 5.91 Å². The molecule has 10 heteroatoms. The Labute approximate surface area is 182 Å². The third-order valence-corrected chi connectivity index (χ3v) is 5.57. The van der Waals surface area contributed by atoms with Crippen molar-refractivity contribution >= 4 is 38.9 Å². The molecule has 0 aliphatic carbocycles. The fourth-order valence-corrected chi connectivity index (χ4v) is 4.05. The molecule has 1 aliphatic rings. The van der Waals surface area contributed by atoms with Gasteiger partial charge in [-0.05, 0) is 70.9 Å². The van der Waals surface area contributed by atoms with Crippen LogP contribution in [0.25, 0.3) is 0 Å². The van der Waals surface area contributed by atoms with Crippen LogP contribution in [0.1, 0.15) is 21.5 Å². The van der Waals surface area contributed by atoms with Crippen molar-refractivity contribution < 1.29 is 22.4 Å². The van der Waals surface area contributed by atoms with Crippen molar-refractivity contribution in [2.75, 3.05) is 16.5 Å². The largest absolute Gasteiger partial charge is 0.416 e. The highest BCUT2D eigenvalue weighted by molar-refractivity contribution is 9.10. The molecular weight excluding hydrogens is 482 g/mol. The predicted octanol–water partition coefficient (Wildman–Crippen LogP) is 5.36. The Balaban J connectivity index is 1.93. The van der Waals surface area contributed by atoms with Gasteiger partial charge in [-0.15, -0.1) is 0 Å². The molecule has 0 atom stereocenters. The number of aryl methyl sites for hydroxylation is 1. The molecule has 3 aromatic rings. The maximum Gasteiger partial charge on any atom is 0.416 e. The number of carbonyl (C=O) groups excluding carboxylic acids is 1. The summed E-state index contributed by atoms with van der Waals surface area (Å²) >= 11 is 3.20. The number of anilines is 3. The number of hydrogen-bond acceptors (Lipinski definition) is 3. The lowest BCUT2D eigenvalue weighted by molar-refractivity contribution is -0.137. The Morgan fingerprint density at radius 1 is 0.935 bits per heavy atom. The average Bonchev–Trinajstić information content (AvgIpc) is 2.68. The van der Waals surface area contributed by atoms with Crippen LogP contribution in [-0.4, -0.2) is 17.6 Å². The first-order valence-electron chi connectivity index (χ1n) is 9.02. The van der Waals surface area contributed by atoms with Gasteiger partial charge in [0.15, 0.2) is 0 Å². The Bertz CT molecular complexity index is 1260. The van der Waals surface area contributed by atoms with Gasteiger partial charge in [0.05, 0.1) is 22.5 Å². The van der Waals surface area contributed by atoms with E-state index in [0.29, 0.717) is 11.3 Å². The molecule has 0 spiro atoms. The fraction of sp³-hybridized carbons (Fsp3) is 0.143. The molecule has 2 heterocycles. The number of carbonyl (C=O) groups is 1. The van der Waals surface area contributed by atoms with Gasteiger partial charge in [0, 0.05) is 11.8 Å². The average molecular weight is 496 g/mol. The quantitative estimate of drug-likeness (QED) is 0.384. The zero-order chi connectivity index (χ0) is 22.5. The summed E-state index contributed by atoms with van der Waals surface area (Å²) in [6.07, 6.45) is -4.63. The van der Waals surface area contributed by atoms with Gasteiger partial charge >= 0.3 is 6.18 Å². The van der Waals surface area contributed by atoms with Crippen LogP contribution in [0, 0.1) is 12.7 Å². The van der Waals surface area contributed by atoms with Crippen molar-refractivity contribution in [3.05, 3.63) is 86.0 Å². The maximum absolute atomic E-state index is 13.6. The number of pyridine rings is 1. The van der Waals surface area contributed by atoms with E-state index in [-0.39, 0.29) is 28.2 Å². The summed E-state index contributed by atoms with van der Waals surface area (Å²) in [6.45, 7) is 1.60. The second-order valence-electron chi connectivity index (χ2n) is 6.98. The highest BCUT2D eigenvalue weighted by Gasteiger charge is 2.37. The van der Waals surface area contributed by atoms with Gasteiger partial charge in [-0.25, -0.2) is 4.39 Å². The molecule has 31 heavy (non-hydrogen) atoms. The molecule has 1 aliphatic heterocycles. The van der Waals surface area contributed by atoms with Crippen LogP contribution >= 0.6 is 15.9 Å². The number of nitrogens with zero attached hydrogens (tertiary/aromatic N) is 2. The lowest BCUT2D eigenvalue weighted by Gasteiger charge is -2.39. The van der Waals surface area contributed by atoms with Crippen molar-refractivity contribution in [1.29, 1.82) is 0 Å². The van der Waals surface area contributed by atoms with Gasteiger partial charge < -0.3 is 9.88 Å². The van der Waals surface area contributed by atoms with E-state index in [1.165, 1.54) is 41.3 Å². The number of alkyl halides is 3. The van der Waals surface area contributed by atoms with Gasteiger partial charge in [0.1, 0.15) is 17.1 Å². The number of hydrogen-bond donors (Lipinski definition) is 1. The van der Waals surface area contributed by atoms with Crippen LogP contribution in [-0.2, 0) is 6.18 Å². The van der Waals surface area contributed by atoms with E-state index in [9.17, 15) is 27.2 Å². The van der Waals surface area contributed by atoms with Crippen molar-refractivity contribution in [3.63, 3.8) is 0 Å². The number of aromatic nitrogens is 1. The number of benzene rings is 2. The Morgan fingerprint density at radius 2 is 1.61 bits per heavy atom. The summed E-state index contributed by atoms with van der Waals surface area (Å²) in [4.78, 5) is 30.1. The third-order valence-electron chi connectivity index (χ3n) is 4.96. The van der Waals surface area contributed by atoms with Gasteiger partial charge in [0.2, 0.25) is 5.56 Å². The molecule has 1 amide bonds. The van der Waals surface area contributed by atoms with Crippen molar-refractivity contribution in [1.82, 2.24) is 4.98 Å². The molecule has 1 N–H and O–H groups in total. The maximum atomic E-state index is 13.6. The van der Waals surface area contributed by atoms with E-state index < -0.39 is 29.0 Å². The van der Waals surface area contributed by atoms with E-state index in [0.717, 1.165) is 12.1 Å². The van der Waals surface area contributed by atoms with Crippen LogP contribution in [0.2, 0.25) is 0 Å². The summed E-state index contributed by atoms with van der Waals surface area (Å²) < 4.78 is 53.8. The van der Waals surface area contributed by atoms with Crippen LogP contribution in [0.3, 0.4) is 0 Å². The molecule has 0 fully saturated rings. The van der Waals surface area contributed by atoms with E-state index in [4.69, 9.17) is 0 Å². The zero-order valence-corrected chi connectivity index (χ0v) is 17.5. The number of fused-ring (bicyclic) bond motifs is 1. The fourth-order valence-electron chi connectivity index (χ4n) is 3.51. The van der Waals surface area contributed by atoms with E-state index >= 15 is 0 Å². The van der Waals surface area contributed by atoms with Gasteiger partial charge in [-0.1, -0.05) is 0 Å². The number of halogens is 5. The molecule has 1 aromatic heterocycles. The second-order valence-corrected chi connectivity index (χ2v) is 7.78. The normalized spacial score (nSPS) is 14.1. The molecule has 2 aromatic carbocycles. The Hall–Kier alpha value is -3.14.